The Balaban J connectivity index is 2.11. The van der Waals surface area contributed by atoms with Crippen molar-refractivity contribution in [1.82, 2.24) is 14.5 Å². The van der Waals surface area contributed by atoms with Crippen molar-refractivity contribution in [2.45, 2.75) is 45.6 Å². The fourth-order valence-corrected chi connectivity index (χ4v) is 2.66. The van der Waals surface area contributed by atoms with Crippen molar-refractivity contribution in [3.8, 4) is 0 Å². The third kappa shape index (κ3) is 2.83. The van der Waals surface area contributed by atoms with Crippen LogP contribution in [0.5, 0.6) is 0 Å². The molecule has 1 aliphatic heterocycles. The number of piperidine rings is 1. The van der Waals surface area contributed by atoms with E-state index in [9.17, 15) is 4.79 Å². The second-order valence-corrected chi connectivity index (χ2v) is 5.59. The van der Waals surface area contributed by atoms with E-state index in [-0.39, 0.29) is 5.91 Å². The third-order valence-electron chi connectivity index (χ3n) is 3.49. The number of rotatable bonds is 3. The normalized spacial score (nSPS) is 16.3. The molecule has 0 saturated carbocycles. The van der Waals surface area contributed by atoms with Gasteiger partial charge in [-0.2, -0.15) is 0 Å². The Labute approximate surface area is 113 Å². The van der Waals surface area contributed by atoms with Gasteiger partial charge in [0.2, 0.25) is 5.91 Å². The summed E-state index contributed by atoms with van der Waals surface area (Å²) in [6, 6.07) is 0. The van der Waals surface area contributed by atoms with Gasteiger partial charge in [0.15, 0.2) is 4.77 Å². The topological polar surface area (TPSA) is 41.0 Å². The van der Waals surface area contributed by atoms with Crippen molar-refractivity contribution < 1.29 is 4.79 Å². The molecule has 0 radical (unpaired) electrons. The standard InChI is InChI=1S/C13H21N3OS/c1-10(2)11-8-14-13(18)16(11)9-12(17)15-6-4-3-5-7-15/h8,10H,3-7,9H2,1-2H3,(H,14,18). The van der Waals surface area contributed by atoms with Crippen LogP contribution in [0.25, 0.3) is 0 Å². The molecule has 0 atom stereocenters. The lowest BCUT2D eigenvalue weighted by atomic mass is 10.1. The van der Waals surface area contributed by atoms with E-state index in [1.807, 2.05) is 15.7 Å². The van der Waals surface area contributed by atoms with Gasteiger partial charge < -0.3 is 14.5 Å². The van der Waals surface area contributed by atoms with Crippen LogP contribution in [-0.2, 0) is 11.3 Å². The van der Waals surface area contributed by atoms with Crippen LogP contribution in [0.15, 0.2) is 6.20 Å². The summed E-state index contributed by atoms with van der Waals surface area (Å²) in [6.07, 6.45) is 5.41. The summed E-state index contributed by atoms with van der Waals surface area (Å²) in [7, 11) is 0. The molecule has 2 rings (SSSR count). The molecular formula is C13H21N3OS. The summed E-state index contributed by atoms with van der Waals surface area (Å²) in [5, 5.41) is 0. The van der Waals surface area contributed by atoms with E-state index in [1.165, 1.54) is 6.42 Å². The highest BCUT2D eigenvalue weighted by Crippen LogP contribution is 2.16. The molecule has 2 heterocycles. The van der Waals surface area contributed by atoms with Crippen LogP contribution in [0.1, 0.15) is 44.7 Å². The molecule has 0 aliphatic carbocycles. The monoisotopic (exact) mass is 267 g/mol. The Kier molecular flexibility index (Phi) is 4.22. The highest BCUT2D eigenvalue weighted by molar-refractivity contribution is 7.71. The smallest absolute Gasteiger partial charge is 0.242 e. The number of aromatic nitrogens is 2. The maximum Gasteiger partial charge on any atom is 0.242 e. The number of nitrogens with one attached hydrogen (secondary N) is 1. The maximum absolute atomic E-state index is 12.2. The summed E-state index contributed by atoms with van der Waals surface area (Å²) in [5.74, 6) is 0.555. The van der Waals surface area contributed by atoms with Gasteiger partial charge in [-0.25, -0.2) is 0 Å². The van der Waals surface area contributed by atoms with Gasteiger partial charge in [0.05, 0.1) is 0 Å². The predicted molar refractivity (Wildman–Crippen MR) is 74.1 cm³/mol. The lowest BCUT2D eigenvalue weighted by Crippen LogP contribution is -2.38. The van der Waals surface area contributed by atoms with Crippen molar-refractivity contribution in [2.75, 3.05) is 13.1 Å². The van der Waals surface area contributed by atoms with E-state index in [0.29, 0.717) is 17.2 Å². The number of aromatic amines is 1. The first kappa shape index (κ1) is 13.3. The third-order valence-corrected chi connectivity index (χ3v) is 3.83. The number of amides is 1. The largest absolute Gasteiger partial charge is 0.341 e. The molecular weight excluding hydrogens is 246 g/mol. The maximum atomic E-state index is 12.2. The number of H-pyrrole nitrogens is 1. The Morgan fingerprint density at radius 3 is 2.67 bits per heavy atom. The van der Waals surface area contributed by atoms with E-state index in [4.69, 9.17) is 12.2 Å². The fraction of sp³-hybridized carbons (Fsp3) is 0.692. The van der Waals surface area contributed by atoms with Crippen LogP contribution in [0.3, 0.4) is 0 Å². The number of hydrogen-bond acceptors (Lipinski definition) is 2. The zero-order chi connectivity index (χ0) is 13.1. The summed E-state index contributed by atoms with van der Waals surface area (Å²) in [4.78, 5) is 17.2. The fourth-order valence-electron chi connectivity index (χ4n) is 2.43. The van der Waals surface area contributed by atoms with E-state index >= 15 is 0 Å². The number of carbonyl (C=O) groups is 1. The van der Waals surface area contributed by atoms with Crippen LogP contribution in [0.4, 0.5) is 0 Å². The van der Waals surface area contributed by atoms with Crippen LogP contribution in [-0.4, -0.2) is 33.4 Å². The first-order chi connectivity index (χ1) is 8.59. The Morgan fingerprint density at radius 2 is 2.06 bits per heavy atom. The molecule has 100 valence electrons. The van der Waals surface area contributed by atoms with Gasteiger partial charge in [-0.05, 0) is 37.4 Å². The number of carbonyl (C=O) groups excluding carboxylic acids is 1. The Morgan fingerprint density at radius 1 is 1.39 bits per heavy atom. The van der Waals surface area contributed by atoms with Crippen molar-refractivity contribution in [3.05, 3.63) is 16.7 Å². The summed E-state index contributed by atoms with van der Waals surface area (Å²) < 4.78 is 2.57. The number of imidazole rings is 1. The molecule has 4 nitrogen and oxygen atoms in total. The van der Waals surface area contributed by atoms with Crippen molar-refractivity contribution in [1.29, 1.82) is 0 Å². The molecule has 18 heavy (non-hydrogen) atoms. The first-order valence-corrected chi connectivity index (χ1v) is 7.06. The molecule has 0 bridgehead atoms. The van der Waals surface area contributed by atoms with Crippen molar-refractivity contribution in [2.24, 2.45) is 0 Å². The predicted octanol–water partition coefficient (Wildman–Crippen LogP) is 2.68. The number of nitrogens with zero attached hydrogens (tertiary/aromatic N) is 2. The summed E-state index contributed by atoms with van der Waals surface area (Å²) >= 11 is 5.25. The lowest BCUT2D eigenvalue weighted by molar-refractivity contribution is -0.132. The highest BCUT2D eigenvalue weighted by atomic mass is 32.1. The van der Waals surface area contributed by atoms with E-state index in [0.717, 1.165) is 31.6 Å². The summed E-state index contributed by atoms with van der Waals surface area (Å²) in [6.45, 7) is 6.39. The molecule has 1 saturated heterocycles. The van der Waals surface area contributed by atoms with Crippen LogP contribution >= 0.6 is 12.2 Å². The van der Waals surface area contributed by atoms with Gasteiger partial charge >= 0.3 is 0 Å². The molecule has 1 aromatic heterocycles. The van der Waals surface area contributed by atoms with Gasteiger partial charge in [-0.1, -0.05) is 13.8 Å². The minimum absolute atomic E-state index is 0.187. The van der Waals surface area contributed by atoms with E-state index in [1.54, 1.807) is 0 Å². The number of hydrogen-bond donors (Lipinski definition) is 1. The molecule has 1 aliphatic rings. The zero-order valence-corrected chi connectivity index (χ0v) is 11.9. The second kappa shape index (κ2) is 5.69. The minimum Gasteiger partial charge on any atom is -0.341 e. The zero-order valence-electron chi connectivity index (χ0n) is 11.1. The molecule has 5 heteroatoms. The average molecular weight is 267 g/mol. The molecule has 1 aromatic rings. The quantitative estimate of drug-likeness (QED) is 0.855. The summed E-state index contributed by atoms with van der Waals surface area (Å²) in [5.41, 5.74) is 1.10. The van der Waals surface area contributed by atoms with Gasteiger partial charge in [-0.15, -0.1) is 0 Å². The number of likely N-dealkylation sites (tertiary alicyclic amines) is 1. The Hall–Kier alpha value is -1.10. The van der Waals surface area contributed by atoms with Gasteiger partial charge in [0.25, 0.3) is 0 Å². The van der Waals surface area contributed by atoms with E-state index < -0.39 is 0 Å². The molecule has 1 amide bonds. The minimum atomic E-state index is 0.187. The van der Waals surface area contributed by atoms with E-state index in [2.05, 4.69) is 18.8 Å². The molecule has 1 N–H and O–H groups in total. The molecule has 1 fully saturated rings. The van der Waals surface area contributed by atoms with Crippen molar-refractivity contribution in [3.63, 3.8) is 0 Å². The first-order valence-electron chi connectivity index (χ1n) is 6.65. The molecule has 0 unspecified atom stereocenters. The van der Waals surface area contributed by atoms with Gasteiger partial charge in [-0.3, -0.25) is 4.79 Å². The Bertz CT molecular complexity index is 469. The average Bonchev–Trinajstić information content (AvgIpc) is 2.72. The SMILES string of the molecule is CC(C)c1c[nH]c(=S)n1CC(=O)N1CCCCC1. The second-order valence-electron chi connectivity index (χ2n) is 5.20. The molecule has 0 spiro atoms. The highest BCUT2D eigenvalue weighted by Gasteiger charge is 2.18. The molecule has 0 aromatic carbocycles. The van der Waals surface area contributed by atoms with Crippen LogP contribution in [0, 0.1) is 4.77 Å². The van der Waals surface area contributed by atoms with Gasteiger partial charge in [0.1, 0.15) is 6.54 Å². The lowest BCUT2D eigenvalue weighted by Gasteiger charge is -2.27. The van der Waals surface area contributed by atoms with Crippen LogP contribution < -0.4 is 0 Å². The van der Waals surface area contributed by atoms with Crippen molar-refractivity contribution >= 4 is 18.1 Å². The van der Waals surface area contributed by atoms with Gasteiger partial charge in [0, 0.05) is 25.0 Å². The van der Waals surface area contributed by atoms with Crippen LogP contribution in [0.2, 0.25) is 0 Å².